The molecule has 0 fully saturated rings. The third-order valence-corrected chi connectivity index (χ3v) is 3.28. The molecule has 1 N–H and O–H groups in total. The average Bonchev–Trinajstić information content (AvgIpc) is 2.50. The summed E-state index contributed by atoms with van der Waals surface area (Å²) in [5.41, 5.74) is 3.36. The summed E-state index contributed by atoms with van der Waals surface area (Å²) >= 11 is 0. The van der Waals surface area contributed by atoms with Gasteiger partial charge < -0.3 is 5.32 Å². The highest BCUT2D eigenvalue weighted by atomic mass is 15.0. The summed E-state index contributed by atoms with van der Waals surface area (Å²) < 4.78 is 0. The Morgan fingerprint density at radius 2 is 1.84 bits per heavy atom. The van der Waals surface area contributed by atoms with Crippen LogP contribution < -0.4 is 5.32 Å². The second-order valence-electron chi connectivity index (χ2n) is 4.68. The first-order chi connectivity index (χ1) is 9.43. The Balaban J connectivity index is 1.91. The van der Waals surface area contributed by atoms with E-state index in [4.69, 9.17) is 0 Å². The maximum Gasteiger partial charge on any atom is 0.139 e. The van der Waals surface area contributed by atoms with Crippen LogP contribution in [0.25, 0.3) is 0 Å². The van der Waals surface area contributed by atoms with Gasteiger partial charge in [-0.1, -0.05) is 18.2 Å². The molecule has 0 atom stereocenters. The number of rotatable bonds is 3. The number of hydrogen-bond donors (Lipinski definition) is 1. The van der Waals surface area contributed by atoms with E-state index in [1.807, 2.05) is 42.6 Å². The summed E-state index contributed by atoms with van der Waals surface area (Å²) in [5.74, 6) is 0.898. The molecule has 3 rings (SSSR count). The van der Waals surface area contributed by atoms with Crippen LogP contribution in [0.4, 0.5) is 11.5 Å². The first kappa shape index (κ1) is 11.9. The molecular weight excluding hydrogens is 234 g/mol. The zero-order valence-electron chi connectivity index (χ0n) is 10.8. The lowest BCUT2D eigenvalue weighted by molar-refractivity contribution is 0.738. The fourth-order valence-electron chi connectivity index (χ4n) is 2.31. The second kappa shape index (κ2) is 5.65. The minimum Gasteiger partial charge on any atom is -0.340 e. The number of anilines is 2. The quantitative estimate of drug-likeness (QED) is 0.901. The van der Waals surface area contributed by atoms with E-state index in [1.165, 1.54) is 18.6 Å². The van der Waals surface area contributed by atoms with Crippen molar-refractivity contribution in [2.24, 2.45) is 4.99 Å². The molecule has 96 valence electrons. The molecule has 0 unspecified atom stereocenters. The van der Waals surface area contributed by atoms with Gasteiger partial charge in [-0.3, -0.25) is 4.99 Å². The van der Waals surface area contributed by atoms with Gasteiger partial charge in [-0.25, -0.2) is 4.98 Å². The second-order valence-corrected chi connectivity index (χ2v) is 4.68. The maximum absolute atomic E-state index is 4.64. The van der Waals surface area contributed by atoms with Crippen molar-refractivity contribution in [2.75, 3.05) is 11.9 Å². The molecule has 0 saturated heterocycles. The molecule has 2 aromatic rings. The molecule has 0 radical (unpaired) electrons. The van der Waals surface area contributed by atoms with Crippen LogP contribution in [0.3, 0.4) is 0 Å². The van der Waals surface area contributed by atoms with Gasteiger partial charge in [0.05, 0.1) is 0 Å². The number of benzene rings is 1. The number of para-hydroxylation sites is 1. The topological polar surface area (TPSA) is 37.3 Å². The number of hydrogen-bond acceptors (Lipinski definition) is 3. The van der Waals surface area contributed by atoms with Crippen molar-refractivity contribution in [2.45, 2.75) is 19.3 Å². The highest BCUT2D eigenvalue weighted by molar-refractivity contribution is 6.05. The maximum atomic E-state index is 4.64. The smallest absolute Gasteiger partial charge is 0.139 e. The van der Waals surface area contributed by atoms with Gasteiger partial charge in [-0.05, 0) is 43.5 Å². The molecule has 19 heavy (non-hydrogen) atoms. The third kappa shape index (κ3) is 2.81. The van der Waals surface area contributed by atoms with Gasteiger partial charge >= 0.3 is 0 Å². The van der Waals surface area contributed by atoms with Crippen molar-refractivity contribution in [3.8, 4) is 0 Å². The number of nitrogens with one attached hydrogen (secondary N) is 1. The fraction of sp³-hybridized carbons (Fsp3) is 0.250. The molecule has 0 saturated carbocycles. The van der Waals surface area contributed by atoms with Crippen LogP contribution in [-0.2, 0) is 0 Å². The monoisotopic (exact) mass is 251 g/mol. The fourth-order valence-corrected chi connectivity index (χ4v) is 2.31. The van der Waals surface area contributed by atoms with E-state index in [0.29, 0.717) is 0 Å². The first-order valence-corrected chi connectivity index (χ1v) is 6.74. The summed E-state index contributed by atoms with van der Waals surface area (Å²) in [4.78, 5) is 9.10. The Hall–Kier alpha value is -2.16. The summed E-state index contributed by atoms with van der Waals surface area (Å²) in [6, 6.07) is 14.2. The molecule has 0 spiro atoms. The highest BCUT2D eigenvalue weighted by Gasteiger charge is 2.12. The lowest BCUT2D eigenvalue weighted by Gasteiger charge is -2.15. The summed E-state index contributed by atoms with van der Waals surface area (Å²) in [7, 11) is 0. The van der Waals surface area contributed by atoms with Gasteiger partial charge in [0.25, 0.3) is 0 Å². The zero-order valence-corrected chi connectivity index (χ0v) is 10.8. The van der Waals surface area contributed by atoms with Crippen LogP contribution in [0, 0.1) is 0 Å². The third-order valence-electron chi connectivity index (χ3n) is 3.28. The Morgan fingerprint density at radius 1 is 0.947 bits per heavy atom. The molecule has 3 nitrogen and oxygen atoms in total. The van der Waals surface area contributed by atoms with Crippen LogP contribution >= 0.6 is 0 Å². The van der Waals surface area contributed by atoms with E-state index in [1.54, 1.807) is 0 Å². The lowest BCUT2D eigenvalue weighted by Crippen LogP contribution is -2.11. The number of aliphatic imine (C=N–C) groups is 1. The Kier molecular flexibility index (Phi) is 3.54. The highest BCUT2D eigenvalue weighted by Crippen LogP contribution is 2.22. The van der Waals surface area contributed by atoms with E-state index >= 15 is 0 Å². The van der Waals surface area contributed by atoms with Crippen molar-refractivity contribution in [3.63, 3.8) is 0 Å². The van der Waals surface area contributed by atoms with E-state index in [9.17, 15) is 0 Å². The normalized spacial score (nSPS) is 14.8. The number of aromatic nitrogens is 1. The summed E-state index contributed by atoms with van der Waals surface area (Å²) in [6.07, 6.45) is 5.29. The number of pyridine rings is 1. The zero-order chi connectivity index (χ0) is 12.9. The molecule has 2 heterocycles. The molecule has 3 heteroatoms. The van der Waals surface area contributed by atoms with Gasteiger partial charge in [-0.15, -0.1) is 0 Å². The SMILES string of the molecule is c1ccc(Nc2ncccc2C2=NCCCC2)cc1. The molecule has 1 aliphatic heterocycles. The van der Waals surface area contributed by atoms with Crippen LogP contribution in [0.1, 0.15) is 24.8 Å². The predicted molar refractivity (Wildman–Crippen MR) is 79.2 cm³/mol. The minimum absolute atomic E-state index is 0.898. The molecule has 1 aromatic carbocycles. The molecule has 1 aliphatic rings. The van der Waals surface area contributed by atoms with Crippen LogP contribution in [0.15, 0.2) is 53.7 Å². The van der Waals surface area contributed by atoms with E-state index < -0.39 is 0 Å². The summed E-state index contributed by atoms with van der Waals surface area (Å²) in [5, 5.41) is 3.38. The lowest BCUT2D eigenvalue weighted by atomic mass is 10.0. The van der Waals surface area contributed by atoms with Crippen molar-refractivity contribution >= 4 is 17.2 Å². The van der Waals surface area contributed by atoms with Crippen molar-refractivity contribution < 1.29 is 0 Å². The van der Waals surface area contributed by atoms with Gasteiger partial charge in [0.15, 0.2) is 0 Å². The first-order valence-electron chi connectivity index (χ1n) is 6.74. The van der Waals surface area contributed by atoms with E-state index in [-0.39, 0.29) is 0 Å². The Bertz CT molecular complexity index is 576. The largest absolute Gasteiger partial charge is 0.340 e. The van der Waals surface area contributed by atoms with Crippen LogP contribution in [-0.4, -0.2) is 17.2 Å². The molecule has 0 amide bonds. The van der Waals surface area contributed by atoms with Crippen molar-refractivity contribution in [1.29, 1.82) is 0 Å². The van der Waals surface area contributed by atoms with Crippen LogP contribution in [0.2, 0.25) is 0 Å². The standard InChI is InChI=1S/C16H17N3/c1-2-7-13(8-3-1)19-16-14(9-6-12-18-16)15-10-4-5-11-17-15/h1-3,6-9,12H,4-5,10-11H2,(H,18,19). The molecular formula is C16H17N3. The van der Waals surface area contributed by atoms with Crippen LogP contribution in [0.5, 0.6) is 0 Å². The predicted octanol–water partition coefficient (Wildman–Crippen LogP) is 3.80. The molecule has 0 aliphatic carbocycles. The Morgan fingerprint density at radius 3 is 2.63 bits per heavy atom. The number of nitrogens with zero attached hydrogens (tertiary/aromatic N) is 2. The molecule has 0 bridgehead atoms. The average molecular weight is 251 g/mol. The van der Waals surface area contributed by atoms with Gasteiger partial charge in [0, 0.05) is 29.7 Å². The van der Waals surface area contributed by atoms with Crippen molar-refractivity contribution in [1.82, 2.24) is 4.98 Å². The minimum atomic E-state index is 0.898. The van der Waals surface area contributed by atoms with E-state index in [0.717, 1.165) is 30.0 Å². The van der Waals surface area contributed by atoms with Gasteiger partial charge in [0.1, 0.15) is 5.82 Å². The molecule has 1 aromatic heterocycles. The van der Waals surface area contributed by atoms with Crippen molar-refractivity contribution in [3.05, 3.63) is 54.2 Å². The van der Waals surface area contributed by atoms with E-state index in [2.05, 4.69) is 21.4 Å². The Labute approximate surface area is 113 Å². The van der Waals surface area contributed by atoms with Gasteiger partial charge in [-0.2, -0.15) is 0 Å². The van der Waals surface area contributed by atoms with Gasteiger partial charge in [0.2, 0.25) is 0 Å². The summed E-state index contributed by atoms with van der Waals surface area (Å²) in [6.45, 7) is 0.939.